The van der Waals surface area contributed by atoms with Gasteiger partial charge in [0.25, 0.3) is 5.91 Å². The zero-order valence-electron chi connectivity index (χ0n) is 21.2. The molecular formula is C28H31N3O5S. The number of aromatic nitrogens is 1. The molecule has 1 aromatic carbocycles. The number of ether oxygens (including phenoxy) is 2. The minimum absolute atomic E-state index is 0.429. The standard InChI is InChI=1S/C28H31N3O5S/c1-3-31-14-13-21-19(15-31)24(17-9-7-8-11-20(17)29-21)28(34)36-16-23(32)30-26-25(27(33)35-2)18-10-5-4-6-12-22(18)37-26/h7-9,11H,3-6,10,12-16H2,1-2H3,(H,30,32). The van der Waals surface area contributed by atoms with Crippen LogP contribution in [-0.2, 0) is 40.1 Å². The molecule has 1 amide bonds. The van der Waals surface area contributed by atoms with Crippen molar-refractivity contribution in [1.29, 1.82) is 0 Å². The average Bonchev–Trinajstić information content (AvgIpc) is 3.09. The number of anilines is 1. The maximum absolute atomic E-state index is 13.4. The van der Waals surface area contributed by atoms with Crippen LogP contribution in [0.3, 0.4) is 0 Å². The van der Waals surface area contributed by atoms with Gasteiger partial charge < -0.3 is 14.8 Å². The second-order valence-corrected chi connectivity index (χ2v) is 10.5. The Morgan fingerprint density at radius 1 is 1.03 bits per heavy atom. The highest BCUT2D eigenvalue weighted by Crippen LogP contribution is 2.38. The molecule has 8 nitrogen and oxygen atoms in total. The Morgan fingerprint density at radius 3 is 2.65 bits per heavy atom. The number of hydrogen-bond donors (Lipinski definition) is 1. The topological polar surface area (TPSA) is 97.8 Å². The average molecular weight is 522 g/mol. The van der Waals surface area contributed by atoms with Crippen LogP contribution < -0.4 is 5.32 Å². The summed E-state index contributed by atoms with van der Waals surface area (Å²) in [6, 6.07) is 7.52. The van der Waals surface area contributed by atoms with Crippen molar-refractivity contribution in [3.05, 3.63) is 57.1 Å². The van der Waals surface area contributed by atoms with Crippen molar-refractivity contribution in [2.45, 2.75) is 52.0 Å². The summed E-state index contributed by atoms with van der Waals surface area (Å²) in [4.78, 5) is 47.0. The number of para-hydroxylation sites is 1. The third kappa shape index (κ3) is 5.10. The van der Waals surface area contributed by atoms with Crippen molar-refractivity contribution in [1.82, 2.24) is 9.88 Å². The quantitative estimate of drug-likeness (QED) is 0.376. The van der Waals surface area contributed by atoms with Crippen LogP contribution >= 0.6 is 11.3 Å². The van der Waals surface area contributed by atoms with Gasteiger partial charge in [-0.1, -0.05) is 31.5 Å². The summed E-state index contributed by atoms with van der Waals surface area (Å²) in [5.41, 5.74) is 4.39. The van der Waals surface area contributed by atoms with E-state index in [-0.39, 0.29) is 0 Å². The highest BCUT2D eigenvalue weighted by molar-refractivity contribution is 7.17. The smallest absolute Gasteiger partial charge is 0.341 e. The lowest BCUT2D eigenvalue weighted by atomic mass is 9.96. The molecule has 0 radical (unpaired) electrons. The SMILES string of the molecule is CCN1CCc2nc3ccccc3c(C(=O)OCC(=O)Nc3sc4c(c3C(=O)OC)CCCCC4)c2C1. The summed E-state index contributed by atoms with van der Waals surface area (Å²) in [6.45, 7) is 4.01. The molecule has 3 heterocycles. The number of amides is 1. The zero-order chi connectivity index (χ0) is 25.9. The molecule has 2 aliphatic rings. The van der Waals surface area contributed by atoms with Crippen LogP contribution in [0.15, 0.2) is 24.3 Å². The van der Waals surface area contributed by atoms with E-state index in [0.717, 1.165) is 84.2 Å². The number of carbonyl (C=O) groups excluding carboxylic acids is 3. The fourth-order valence-electron chi connectivity index (χ4n) is 5.26. The Hall–Kier alpha value is -3.30. The van der Waals surface area contributed by atoms with Crippen molar-refractivity contribution in [3.63, 3.8) is 0 Å². The predicted octanol–water partition coefficient (Wildman–Crippen LogP) is 4.53. The molecule has 0 atom stereocenters. The van der Waals surface area contributed by atoms with Crippen molar-refractivity contribution in [2.24, 2.45) is 0 Å². The largest absolute Gasteiger partial charge is 0.465 e. The minimum Gasteiger partial charge on any atom is -0.465 e. The number of methoxy groups -OCH3 is 1. The number of hydrogen-bond acceptors (Lipinski definition) is 8. The molecule has 0 fully saturated rings. The highest BCUT2D eigenvalue weighted by atomic mass is 32.1. The van der Waals surface area contributed by atoms with E-state index in [1.807, 2.05) is 24.3 Å². The lowest BCUT2D eigenvalue weighted by Crippen LogP contribution is -2.32. The molecular weight excluding hydrogens is 490 g/mol. The lowest BCUT2D eigenvalue weighted by molar-refractivity contribution is -0.119. The second-order valence-electron chi connectivity index (χ2n) is 9.43. The Morgan fingerprint density at radius 2 is 1.84 bits per heavy atom. The number of esters is 2. The number of likely N-dealkylation sites (N-methyl/N-ethyl adjacent to an activating group) is 1. The first-order chi connectivity index (χ1) is 18.0. The van der Waals surface area contributed by atoms with Crippen LogP contribution in [0.25, 0.3) is 10.9 Å². The molecule has 2 aromatic heterocycles. The number of pyridine rings is 1. The molecule has 0 saturated carbocycles. The van der Waals surface area contributed by atoms with E-state index in [9.17, 15) is 14.4 Å². The molecule has 1 aliphatic heterocycles. The Kier molecular flexibility index (Phi) is 7.53. The minimum atomic E-state index is -0.543. The van der Waals surface area contributed by atoms with E-state index in [0.29, 0.717) is 22.7 Å². The van der Waals surface area contributed by atoms with Crippen LogP contribution in [0.4, 0.5) is 5.00 Å². The summed E-state index contributed by atoms with van der Waals surface area (Å²) >= 11 is 1.41. The fourth-order valence-corrected chi connectivity index (χ4v) is 6.56. The monoisotopic (exact) mass is 521 g/mol. The fraction of sp³-hybridized carbons (Fsp3) is 0.429. The van der Waals surface area contributed by atoms with Gasteiger partial charge >= 0.3 is 11.9 Å². The third-order valence-electron chi connectivity index (χ3n) is 7.17. The number of fused-ring (bicyclic) bond motifs is 3. The molecule has 0 spiro atoms. The number of nitrogens with zero attached hydrogens (tertiary/aromatic N) is 2. The summed E-state index contributed by atoms with van der Waals surface area (Å²) in [5.74, 6) is -1.49. The highest BCUT2D eigenvalue weighted by Gasteiger charge is 2.28. The van der Waals surface area contributed by atoms with Crippen LogP contribution in [0.5, 0.6) is 0 Å². The Balaban J connectivity index is 1.37. The maximum atomic E-state index is 13.4. The van der Waals surface area contributed by atoms with Crippen LogP contribution in [-0.4, -0.2) is 54.5 Å². The van der Waals surface area contributed by atoms with Gasteiger partial charge in [-0.3, -0.25) is 14.7 Å². The first-order valence-electron chi connectivity index (χ1n) is 12.8. The van der Waals surface area contributed by atoms with E-state index in [4.69, 9.17) is 14.5 Å². The molecule has 194 valence electrons. The van der Waals surface area contributed by atoms with Gasteiger partial charge in [0.05, 0.1) is 23.8 Å². The van der Waals surface area contributed by atoms with Gasteiger partial charge in [0.1, 0.15) is 5.00 Å². The first kappa shape index (κ1) is 25.4. The summed E-state index contributed by atoms with van der Waals surface area (Å²) < 4.78 is 10.6. The molecule has 0 saturated heterocycles. The zero-order valence-corrected chi connectivity index (χ0v) is 22.0. The number of thiophene rings is 1. The van der Waals surface area contributed by atoms with E-state index in [2.05, 4.69) is 17.1 Å². The van der Waals surface area contributed by atoms with Crippen LogP contribution in [0.1, 0.15) is 68.6 Å². The third-order valence-corrected chi connectivity index (χ3v) is 8.38. The van der Waals surface area contributed by atoms with E-state index < -0.39 is 24.5 Å². The molecule has 9 heteroatoms. The number of aryl methyl sites for hydroxylation is 1. The van der Waals surface area contributed by atoms with Gasteiger partial charge in [-0.2, -0.15) is 0 Å². The first-order valence-corrected chi connectivity index (χ1v) is 13.6. The lowest BCUT2D eigenvalue weighted by Gasteiger charge is -2.28. The van der Waals surface area contributed by atoms with Gasteiger partial charge in [-0.15, -0.1) is 11.3 Å². The molecule has 1 aliphatic carbocycles. The molecule has 5 rings (SSSR count). The molecule has 37 heavy (non-hydrogen) atoms. The van der Waals surface area contributed by atoms with Gasteiger partial charge in [0.2, 0.25) is 0 Å². The number of carbonyl (C=O) groups is 3. The van der Waals surface area contributed by atoms with Gasteiger partial charge in [0.15, 0.2) is 6.61 Å². The molecule has 0 bridgehead atoms. The summed E-state index contributed by atoms with van der Waals surface area (Å²) in [5, 5.41) is 3.99. The molecule has 0 unspecified atom stereocenters. The normalized spacial score (nSPS) is 15.4. The van der Waals surface area contributed by atoms with Gasteiger partial charge in [-0.05, 0) is 43.9 Å². The molecule has 3 aromatic rings. The number of benzene rings is 1. The maximum Gasteiger partial charge on any atom is 0.341 e. The summed E-state index contributed by atoms with van der Waals surface area (Å²) in [6.07, 6.45) is 5.59. The Labute approximate surface area is 220 Å². The van der Waals surface area contributed by atoms with Crippen molar-refractivity contribution < 1.29 is 23.9 Å². The van der Waals surface area contributed by atoms with Crippen molar-refractivity contribution >= 4 is 45.1 Å². The van der Waals surface area contributed by atoms with Crippen molar-refractivity contribution in [2.75, 3.05) is 32.1 Å². The van der Waals surface area contributed by atoms with E-state index in [1.165, 1.54) is 18.4 Å². The summed E-state index contributed by atoms with van der Waals surface area (Å²) in [7, 11) is 1.34. The van der Waals surface area contributed by atoms with Crippen LogP contribution in [0, 0.1) is 0 Å². The van der Waals surface area contributed by atoms with E-state index >= 15 is 0 Å². The van der Waals surface area contributed by atoms with Crippen molar-refractivity contribution in [3.8, 4) is 0 Å². The van der Waals surface area contributed by atoms with Gasteiger partial charge in [-0.25, -0.2) is 9.59 Å². The van der Waals surface area contributed by atoms with Crippen LogP contribution in [0.2, 0.25) is 0 Å². The molecule has 1 N–H and O–H groups in total. The van der Waals surface area contributed by atoms with Gasteiger partial charge in [0, 0.05) is 41.0 Å². The van der Waals surface area contributed by atoms with E-state index in [1.54, 1.807) is 0 Å². The number of rotatable bonds is 6. The Bertz CT molecular complexity index is 1370. The second kappa shape index (κ2) is 11.0. The number of nitrogens with one attached hydrogen (secondary N) is 1. The predicted molar refractivity (Wildman–Crippen MR) is 142 cm³/mol.